The molecule has 1 unspecified atom stereocenters. The van der Waals surface area contributed by atoms with Crippen LogP contribution in [-0.2, 0) is 4.74 Å². The maximum Gasteiger partial charge on any atom is 0.290 e. The quantitative estimate of drug-likeness (QED) is 0.654. The first-order chi connectivity index (χ1) is 9.16. The number of rotatable bonds is 5. The summed E-state index contributed by atoms with van der Waals surface area (Å²) in [6.07, 6.45) is 4.79. The maximum absolute atomic E-state index is 10.7. The lowest BCUT2D eigenvalue weighted by molar-refractivity contribution is -0.385. The van der Waals surface area contributed by atoms with Crippen LogP contribution < -0.4 is 5.32 Å². The van der Waals surface area contributed by atoms with E-state index in [4.69, 9.17) is 4.74 Å². The second kappa shape index (κ2) is 6.47. The van der Waals surface area contributed by atoms with Gasteiger partial charge in [0, 0.05) is 19.2 Å². The van der Waals surface area contributed by atoms with E-state index in [1.165, 1.54) is 12.5 Å². The van der Waals surface area contributed by atoms with Crippen molar-refractivity contribution >= 4 is 11.5 Å². The Bertz CT molecular complexity index is 445. The van der Waals surface area contributed by atoms with Crippen LogP contribution in [0, 0.1) is 17.0 Å². The molecule has 6 heteroatoms. The second-order valence-corrected chi connectivity index (χ2v) is 4.76. The fourth-order valence-electron chi connectivity index (χ4n) is 2.24. The van der Waals surface area contributed by atoms with E-state index in [1.54, 1.807) is 13.0 Å². The average molecular weight is 265 g/mol. The van der Waals surface area contributed by atoms with Crippen LogP contribution in [0.3, 0.4) is 0 Å². The lowest BCUT2D eigenvalue weighted by atomic mass is 10.1. The van der Waals surface area contributed by atoms with Crippen LogP contribution in [0.2, 0.25) is 0 Å². The number of anilines is 1. The Morgan fingerprint density at radius 3 is 3.00 bits per heavy atom. The zero-order valence-corrected chi connectivity index (χ0v) is 11.1. The fraction of sp³-hybridized carbons (Fsp3) is 0.615. The highest BCUT2D eigenvalue weighted by Gasteiger charge is 2.14. The van der Waals surface area contributed by atoms with Crippen LogP contribution in [0.15, 0.2) is 12.1 Å². The van der Waals surface area contributed by atoms with Crippen molar-refractivity contribution in [2.45, 2.75) is 38.7 Å². The minimum atomic E-state index is -0.415. The summed E-state index contributed by atoms with van der Waals surface area (Å²) in [6.45, 7) is 3.28. The Morgan fingerprint density at radius 1 is 1.53 bits per heavy atom. The summed E-state index contributed by atoms with van der Waals surface area (Å²) >= 11 is 0. The maximum atomic E-state index is 10.7. The zero-order valence-electron chi connectivity index (χ0n) is 11.1. The molecule has 104 valence electrons. The Morgan fingerprint density at radius 2 is 2.37 bits per heavy atom. The van der Waals surface area contributed by atoms with E-state index in [0.29, 0.717) is 17.6 Å². The van der Waals surface area contributed by atoms with Gasteiger partial charge in [-0.25, -0.2) is 4.98 Å². The van der Waals surface area contributed by atoms with E-state index in [0.717, 1.165) is 32.4 Å². The van der Waals surface area contributed by atoms with Crippen LogP contribution in [0.5, 0.6) is 0 Å². The number of aryl methyl sites for hydroxylation is 1. The molecule has 6 nitrogen and oxygen atoms in total. The van der Waals surface area contributed by atoms with E-state index in [2.05, 4.69) is 10.3 Å². The van der Waals surface area contributed by atoms with Gasteiger partial charge in [-0.05, 0) is 38.7 Å². The van der Waals surface area contributed by atoms with Gasteiger partial charge in [0.05, 0.1) is 11.0 Å². The van der Waals surface area contributed by atoms with E-state index >= 15 is 0 Å². The number of pyridine rings is 1. The van der Waals surface area contributed by atoms with Crippen molar-refractivity contribution in [3.05, 3.63) is 27.9 Å². The van der Waals surface area contributed by atoms with Crippen molar-refractivity contribution in [3.63, 3.8) is 0 Å². The summed E-state index contributed by atoms with van der Waals surface area (Å²) in [5.74, 6) is 0.680. The minimum absolute atomic E-state index is 0.0566. The summed E-state index contributed by atoms with van der Waals surface area (Å²) in [4.78, 5) is 14.5. The highest BCUT2D eigenvalue weighted by molar-refractivity contribution is 5.44. The molecule has 0 radical (unpaired) electrons. The first kappa shape index (κ1) is 13.7. The summed E-state index contributed by atoms with van der Waals surface area (Å²) in [7, 11) is 0. The molecule has 1 aliphatic rings. The number of ether oxygens (including phenoxy) is 1. The molecule has 0 saturated carbocycles. The van der Waals surface area contributed by atoms with Gasteiger partial charge < -0.3 is 10.1 Å². The summed E-state index contributed by atoms with van der Waals surface area (Å²) in [5, 5.41) is 13.9. The smallest absolute Gasteiger partial charge is 0.290 e. The van der Waals surface area contributed by atoms with E-state index in [9.17, 15) is 10.1 Å². The monoisotopic (exact) mass is 265 g/mol. The molecule has 1 saturated heterocycles. The third kappa shape index (κ3) is 3.89. The van der Waals surface area contributed by atoms with Gasteiger partial charge >= 0.3 is 0 Å². The topological polar surface area (TPSA) is 77.3 Å². The van der Waals surface area contributed by atoms with Crippen molar-refractivity contribution in [1.82, 2.24) is 4.98 Å². The van der Waals surface area contributed by atoms with Crippen molar-refractivity contribution in [1.29, 1.82) is 0 Å². The lowest BCUT2D eigenvalue weighted by Gasteiger charge is -2.22. The van der Waals surface area contributed by atoms with E-state index in [1.807, 2.05) is 0 Å². The minimum Gasteiger partial charge on any atom is -0.378 e. The van der Waals surface area contributed by atoms with E-state index < -0.39 is 4.92 Å². The Labute approximate surface area is 112 Å². The van der Waals surface area contributed by atoms with Gasteiger partial charge in [0.2, 0.25) is 0 Å². The number of aromatic nitrogens is 1. The number of nitro groups is 1. The third-order valence-corrected chi connectivity index (χ3v) is 3.30. The van der Waals surface area contributed by atoms with Gasteiger partial charge in [0.25, 0.3) is 5.69 Å². The molecule has 2 heterocycles. The van der Waals surface area contributed by atoms with Gasteiger partial charge in [-0.2, -0.15) is 0 Å². The number of nitrogens with zero attached hydrogens (tertiary/aromatic N) is 2. The summed E-state index contributed by atoms with van der Waals surface area (Å²) in [5.41, 5.74) is 0.491. The molecule has 2 rings (SSSR count). The number of nitrogens with one attached hydrogen (secondary N) is 1. The SMILES string of the molecule is Cc1nc(NCCC2CCCCO2)ccc1[N+](=O)[O-]. The van der Waals surface area contributed by atoms with Crippen LogP contribution in [-0.4, -0.2) is 29.2 Å². The highest BCUT2D eigenvalue weighted by atomic mass is 16.6. The van der Waals surface area contributed by atoms with Gasteiger partial charge in [-0.1, -0.05) is 0 Å². The fourth-order valence-corrected chi connectivity index (χ4v) is 2.24. The molecule has 1 N–H and O–H groups in total. The first-order valence-corrected chi connectivity index (χ1v) is 6.64. The highest BCUT2D eigenvalue weighted by Crippen LogP contribution is 2.19. The van der Waals surface area contributed by atoms with Crippen molar-refractivity contribution in [2.24, 2.45) is 0 Å². The van der Waals surface area contributed by atoms with Gasteiger partial charge in [-0.3, -0.25) is 10.1 Å². The lowest BCUT2D eigenvalue weighted by Crippen LogP contribution is -2.22. The molecule has 0 spiro atoms. The molecule has 1 aromatic heterocycles. The Balaban J connectivity index is 1.82. The number of hydrogen-bond donors (Lipinski definition) is 1. The summed E-state index contributed by atoms with van der Waals surface area (Å²) in [6, 6.07) is 3.13. The van der Waals surface area contributed by atoms with Crippen LogP contribution in [0.4, 0.5) is 11.5 Å². The molecule has 1 aliphatic heterocycles. The van der Waals surface area contributed by atoms with Crippen molar-refractivity contribution in [3.8, 4) is 0 Å². The third-order valence-electron chi connectivity index (χ3n) is 3.30. The van der Waals surface area contributed by atoms with Crippen LogP contribution in [0.25, 0.3) is 0 Å². The van der Waals surface area contributed by atoms with Gasteiger partial charge in [0.15, 0.2) is 0 Å². The molecule has 1 aromatic rings. The first-order valence-electron chi connectivity index (χ1n) is 6.64. The molecular weight excluding hydrogens is 246 g/mol. The molecule has 0 amide bonds. The molecule has 0 aromatic carbocycles. The van der Waals surface area contributed by atoms with Gasteiger partial charge in [0.1, 0.15) is 11.5 Å². The molecular formula is C13H19N3O3. The molecule has 1 fully saturated rings. The van der Waals surface area contributed by atoms with Crippen molar-refractivity contribution in [2.75, 3.05) is 18.5 Å². The summed E-state index contributed by atoms with van der Waals surface area (Å²) < 4.78 is 5.64. The molecule has 1 atom stereocenters. The van der Waals surface area contributed by atoms with Crippen LogP contribution >= 0.6 is 0 Å². The molecule has 19 heavy (non-hydrogen) atoms. The molecule has 0 aliphatic carbocycles. The van der Waals surface area contributed by atoms with Crippen molar-refractivity contribution < 1.29 is 9.66 Å². The standard InChI is InChI=1S/C13H19N3O3/c1-10-12(16(17)18)5-6-13(15-10)14-8-7-11-4-2-3-9-19-11/h5-6,11H,2-4,7-9H2,1H3,(H,14,15). The largest absolute Gasteiger partial charge is 0.378 e. The zero-order chi connectivity index (χ0) is 13.7. The Hall–Kier alpha value is -1.69. The van der Waals surface area contributed by atoms with Crippen LogP contribution in [0.1, 0.15) is 31.4 Å². The second-order valence-electron chi connectivity index (χ2n) is 4.76. The normalized spacial score (nSPS) is 19.1. The Kier molecular flexibility index (Phi) is 4.68. The molecule has 0 bridgehead atoms. The average Bonchev–Trinajstić information content (AvgIpc) is 2.39. The predicted molar refractivity (Wildman–Crippen MR) is 72.3 cm³/mol. The predicted octanol–water partition coefficient (Wildman–Crippen LogP) is 2.67. The number of hydrogen-bond acceptors (Lipinski definition) is 5. The van der Waals surface area contributed by atoms with E-state index in [-0.39, 0.29) is 5.69 Å². The van der Waals surface area contributed by atoms with Gasteiger partial charge in [-0.15, -0.1) is 0 Å².